The van der Waals surface area contributed by atoms with E-state index in [1.165, 1.54) is 18.4 Å². The lowest BCUT2D eigenvalue weighted by atomic mass is 10.1. The van der Waals surface area contributed by atoms with Gasteiger partial charge in [-0.1, -0.05) is 25.0 Å². The van der Waals surface area contributed by atoms with Crippen LogP contribution >= 0.6 is 24.0 Å². The predicted molar refractivity (Wildman–Crippen MR) is 139 cm³/mol. The third kappa shape index (κ3) is 9.13. The van der Waals surface area contributed by atoms with Crippen molar-refractivity contribution < 1.29 is 14.3 Å². The Morgan fingerprint density at radius 3 is 2.75 bits per heavy atom. The molecule has 1 heterocycles. The second-order valence-corrected chi connectivity index (χ2v) is 8.57. The zero-order valence-corrected chi connectivity index (χ0v) is 21.8. The molecule has 0 bridgehead atoms. The first-order valence-electron chi connectivity index (χ1n) is 11.8. The van der Waals surface area contributed by atoms with E-state index in [4.69, 9.17) is 14.5 Å². The number of amides is 1. The van der Waals surface area contributed by atoms with E-state index in [9.17, 15) is 4.79 Å². The highest BCUT2D eigenvalue weighted by molar-refractivity contribution is 14.0. The zero-order valence-electron chi connectivity index (χ0n) is 19.5. The number of benzene rings is 1. The van der Waals surface area contributed by atoms with Crippen LogP contribution in [0.4, 0.5) is 0 Å². The molecule has 8 heteroatoms. The molecule has 3 rings (SSSR count). The van der Waals surface area contributed by atoms with Crippen molar-refractivity contribution in [3.8, 4) is 5.75 Å². The Bertz CT molecular complexity index is 732. The van der Waals surface area contributed by atoms with Gasteiger partial charge in [0.05, 0.1) is 19.8 Å². The zero-order chi connectivity index (χ0) is 21.9. The molecule has 180 valence electrons. The standard InChI is InChI=1S/C24H38N4O3.HI/c1-3-25-24(26-12-10-23(29)28-21-6-4-5-7-21)27-15-20-9-8-18(2)14-22(20)31-17-19-11-13-30-16-19;/h8-9,14,19,21H,3-7,10-13,15-17H2,1-2H3,(H,28,29)(H2,25,26,27);1H. The summed E-state index contributed by atoms with van der Waals surface area (Å²) in [5.41, 5.74) is 2.23. The summed E-state index contributed by atoms with van der Waals surface area (Å²) in [7, 11) is 0. The number of nitrogens with zero attached hydrogens (tertiary/aromatic N) is 1. The molecule has 0 spiro atoms. The van der Waals surface area contributed by atoms with Crippen LogP contribution in [0.15, 0.2) is 23.2 Å². The largest absolute Gasteiger partial charge is 0.493 e. The maximum atomic E-state index is 12.1. The number of nitrogens with one attached hydrogen (secondary N) is 3. The molecule has 1 aliphatic carbocycles. The van der Waals surface area contributed by atoms with Crippen molar-refractivity contribution in [2.24, 2.45) is 10.9 Å². The number of carbonyl (C=O) groups excluding carboxylic acids is 1. The summed E-state index contributed by atoms with van der Waals surface area (Å²) in [6.45, 7) is 8.23. The first-order chi connectivity index (χ1) is 15.1. The molecular formula is C24H39IN4O3. The topological polar surface area (TPSA) is 84.0 Å². The third-order valence-corrected chi connectivity index (χ3v) is 5.84. The van der Waals surface area contributed by atoms with Crippen LogP contribution in [0.2, 0.25) is 0 Å². The second kappa shape index (κ2) is 14.6. The van der Waals surface area contributed by atoms with Gasteiger partial charge in [0.2, 0.25) is 5.91 Å². The summed E-state index contributed by atoms with van der Waals surface area (Å²) in [6.07, 6.45) is 6.17. The average molecular weight is 559 g/mol. The highest BCUT2D eigenvalue weighted by Crippen LogP contribution is 2.23. The number of carbonyl (C=O) groups is 1. The van der Waals surface area contributed by atoms with Crippen molar-refractivity contribution in [1.82, 2.24) is 16.0 Å². The van der Waals surface area contributed by atoms with Crippen LogP contribution in [0.1, 0.15) is 56.6 Å². The van der Waals surface area contributed by atoms with Gasteiger partial charge in [0.1, 0.15) is 5.75 Å². The van der Waals surface area contributed by atoms with E-state index in [1.807, 2.05) is 6.92 Å². The Hall–Kier alpha value is -1.55. The monoisotopic (exact) mass is 558 g/mol. The van der Waals surface area contributed by atoms with Crippen molar-refractivity contribution in [3.05, 3.63) is 29.3 Å². The third-order valence-electron chi connectivity index (χ3n) is 5.84. The molecule has 2 fully saturated rings. The first-order valence-corrected chi connectivity index (χ1v) is 11.8. The minimum absolute atomic E-state index is 0. The van der Waals surface area contributed by atoms with Crippen molar-refractivity contribution in [2.45, 2.75) is 65.0 Å². The van der Waals surface area contributed by atoms with Gasteiger partial charge in [-0.3, -0.25) is 4.79 Å². The minimum Gasteiger partial charge on any atom is -0.493 e. The summed E-state index contributed by atoms with van der Waals surface area (Å²) in [4.78, 5) is 16.9. The number of rotatable bonds is 10. The molecule has 1 aliphatic heterocycles. The van der Waals surface area contributed by atoms with Gasteiger partial charge < -0.3 is 25.4 Å². The lowest BCUT2D eigenvalue weighted by molar-refractivity contribution is -0.121. The smallest absolute Gasteiger partial charge is 0.221 e. The first kappa shape index (κ1) is 26.7. The molecule has 1 amide bonds. The summed E-state index contributed by atoms with van der Waals surface area (Å²) in [6, 6.07) is 6.61. The summed E-state index contributed by atoms with van der Waals surface area (Å²) < 4.78 is 11.6. The van der Waals surface area contributed by atoms with E-state index in [0.717, 1.165) is 50.3 Å². The maximum Gasteiger partial charge on any atom is 0.221 e. The second-order valence-electron chi connectivity index (χ2n) is 8.57. The van der Waals surface area contributed by atoms with Crippen molar-refractivity contribution in [1.29, 1.82) is 0 Å². The number of halogens is 1. The molecule has 0 aromatic heterocycles. The highest BCUT2D eigenvalue weighted by Gasteiger charge is 2.18. The Kier molecular flexibility index (Phi) is 12.2. The molecule has 3 N–H and O–H groups in total. The molecule has 1 aromatic rings. The van der Waals surface area contributed by atoms with Crippen LogP contribution < -0.4 is 20.7 Å². The average Bonchev–Trinajstić information content (AvgIpc) is 3.45. The molecule has 0 radical (unpaired) electrons. The summed E-state index contributed by atoms with van der Waals surface area (Å²) in [5.74, 6) is 2.18. The normalized spacial score (nSPS) is 18.8. The van der Waals surface area contributed by atoms with E-state index in [2.05, 4.69) is 41.1 Å². The Morgan fingerprint density at radius 2 is 2.03 bits per heavy atom. The summed E-state index contributed by atoms with van der Waals surface area (Å²) in [5, 5.41) is 9.66. The Morgan fingerprint density at radius 1 is 1.22 bits per heavy atom. The van der Waals surface area contributed by atoms with E-state index in [0.29, 0.717) is 44.0 Å². The van der Waals surface area contributed by atoms with Gasteiger partial charge in [0.25, 0.3) is 0 Å². The van der Waals surface area contributed by atoms with Gasteiger partial charge in [0.15, 0.2) is 5.96 Å². The van der Waals surface area contributed by atoms with Crippen LogP contribution in [-0.2, 0) is 16.1 Å². The minimum atomic E-state index is 0. The van der Waals surface area contributed by atoms with E-state index >= 15 is 0 Å². The van der Waals surface area contributed by atoms with E-state index in [-0.39, 0.29) is 29.9 Å². The fraction of sp³-hybridized carbons (Fsp3) is 0.667. The van der Waals surface area contributed by atoms with Crippen molar-refractivity contribution in [2.75, 3.05) is 32.9 Å². The molecular weight excluding hydrogens is 519 g/mol. The van der Waals surface area contributed by atoms with Crippen molar-refractivity contribution >= 4 is 35.8 Å². The maximum absolute atomic E-state index is 12.1. The number of hydrogen-bond donors (Lipinski definition) is 3. The molecule has 7 nitrogen and oxygen atoms in total. The van der Waals surface area contributed by atoms with Crippen LogP contribution in [0, 0.1) is 12.8 Å². The van der Waals surface area contributed by atoms with Gasteiger partial charge in [-0.05, 0) is 44.7 Å². The number of ether oxygens (including phenoxy) is 2. The number of guanidine groups is 1. The fourth-order valence-corrected chi connectivity index (χ4v) is 4.02. The molecule has 32 heavy (non-hydrogen) atoms. The molecule has 1 atom stereocenters. The fourth-order valence-electron chi connectivity index (χ4n) is 4.02. The predicted octanol–water partition coefficient (Wildman–Crippen LogP) is 3.53. The molecule has 1 saturated heterocycles. The van der Waals surface area contributed by atoms with Gasteiger partial charge in [-0.25, -0.2) is 4.99 Å². The van der Waals surface area contributed by atoms with Crippen LogP contribution in [0.5, 0.6) is 5.75 Å². The van der Waals surface area contributed by atoms with Crippen LogP contribution in [0.25, 0.3) is 0 Å². The van der Waals surface area contributed by atoms with Gasteiger partial charge in [0, 0.05) is 43.6 Å². The molecule has 2 aliphatic rings. The van der Waals surface area contributed by atoms with Crippen LogP contribution in [-0.4, -0.2) is 50.8 Å². The Labute approximate surface area is 209 Å². The molecule has 1 saturated carbocycles. The van der Waals surface area contributed by atoms with E-state index in [1.54, 1.807) is 0 Å². The summed E-state index contributed by atoms with van der Waals surface area (Å²) >= 11 is 0. The van der Waals surface area contributed by atoms with Gasteiger partial charge >= 0.3 is 0 Å². The van der Waals surface area contributed by atoms with E-state index < -0.39 is 0 Å². The Balaban J connectivity index is 0.00000363. The lowest BCUT2D eigenvalue weighted by Gasteiger charge is -2.15. The number of hydrogen-bond acceptors (Lipinski definition) is 4. The SMILES string of the molecule is CCNC(=NCc1ccc(C)cc1OCC1CCOC1)NCCC(=O)NC1CCCC1.I. The van der Waals surface area contributed by atoms with Gasteiger partial charge in [-0.2, -0.15) is 0 Å². The number of aliphatic imine (C=N–C) groups is 1. The molecule has 1 aromatic carbocycles. The quantitative estimate of drug-likeness (QED) is 0.233. The van der Waals surface area contributed by atoms with Crippen molar-refractivity contribution in [3.63, 3.8) is 0 Å². The lowest BCUT2D eigenvalue weighted by Crippen LogP contribution is -2.40. The number of aryl methyl sites for hydroxylation is 1. The van der Waals surface area contributed by atoms with Gasteiger partial charge in [-0.15, -0.1) is 24.0 Å². The van der Waals surface area contributed by atoms with Crippen LogP contribution in [0.3, 0.4) is 0 Å². The molecule has 1 unspecified atom stereocenters. The highest BCUT2D eigenvalue weighted by atomic mass is 127.